The first kappa shape index (κ1) is 15.0. The van der Waals surface area contributed by atoms with Gasteiger partial charge in [0.05, 0.1) is 11.0 Å². The molecule has 2 heterocycles. The number of hydrogen-bond acceptors (Lipinski definition) is 3. The normalized spacial score (nSPS) is 16.7. The Kier molecular flexibility index (Phi) is 3.91. The van der Waals surface area contributed by atoms with Crippen molar-refractivity contribution < 1.29 is 4.79 Å². The highest BCUT2D eigenvalue weighted by molar-refractivity contribution is 5.97. The number of hydrogen-bond donors (Lipinski definition) is 0. The summed E-state index contributed by atoms with van der Waals surface area (Å²) in [5.74, 6) is 1.54. The van der Waals surface area contributed by atoms with E-state index in [0.717, 1.165) is 48.6 Å². The minimum Gasteiger partial charge on any atom is -0.336 e. The summed E-state index contributed by atoms with van der Waals surface area (Å²) in [6.07, 6.45) is 0. The zero-order valence-electron chi connectivity index (χ0n) is 13.8. The van der Waals surface area contributed by atoms with Gasteiger partial charge in [-0.2, -0.15) is 0 Å². The Morgan fingerprint density at radius 1 is 1.14 bits per heavy atom. The summed E-state index contributed by atoms with van der Waals surface area (Å²) in [6, 6.07) is 5.87. The lowest BCUT2D eigenvalue weighted by Gasteiger charge is -2.32. The number of benzene rings is 1. The molecule has 0 N–H and O–H groups in total. The van der Waals surface area contributed by atoms with Gasteiger partial charge in [-0.3, -0.25) is 4.79 Å². The molecule has 1 aromatic carbocycles. The molecular formula is C17H24N4O. The zero-order valence-corrected chi connectivity index (χ0v) is 13.8. The van der Waals surface area contributed by atoms with E-state index in [0.29, 0.717) is 5.92 Å². The molecule has 0 saturated carbocycles. The van der Waals surface area contributed by atoms with Crippen molar-refractivity contribution in [1.29, 1.82) is 0 Å². The van der Waals surface area contributed by atoms with Crippen molar-refractivity contribution in [2.75, 3.05) is 33.2 Å². The van der Waals surface area contributed by atoms with Crippen LogP contribution in [-0.4, -0.2) is 58.5 Å². The number of carbonyl (C=O) groups is 1. The summed E-state index contributed by atoms with van der Waals surface area (Å²) < 4.78 is 2.12. The average molecular weight is 300 g/mol. The second-order valence-electron chi connectivity index (χ2n) is 6.48. The number of imidazole rings is 1. The maximum Gasteiger partial charge on any atom is 0.254 e. The van der Waals surface area contributed by atoms with Crippen LogP contribution < -0.4 is 0 Å². The molecule has 0 radical (unpaired) electrons. The Balaban J connectivity index is 1.90. The molecule has 118 valence electrons. The average Bonchev–Trinajstić information content (AvgIpc) is 2.84. The van der Waals surface area contributed by atoms with E-state index in [-0.39, 0.29) is 5.91 Å². The molecule has 1 saturated heterocycles. The first-order valence-electron chi connectivity index (χ1n) is 7.91. The molecule has 0 spiro atoms. The number of likely N-dealkylation sites (N-methyl/N-ethyl adjacent to an activating group) is 1. The van der Waals surface area contributed by atoms with Crippen molar-refractivity contribution in [3.63, 3.8) is 0 Å². The van der Waals surface area contributed by atoms with Gasteiger partial charge in [0.25, 0.3) is 5.91 Å². The summed E-state index contributed by atoms with van der Waals surface area (Å²) >= 11 is 0. The molecule has 1 fully saturated rings. The van der Waals surface area contributed by atoms with Crippen LogP contribution in [0.2, 0.25) is 0 Å². The van der Waals surface area contributed by atoms with Crippen LogP contribution in [0.5, 0.6) is 0 Å². The van der Waals surface area contributed by atoms with Crippen molar-refractivity contribution >= 4 is 16.9 Å². The van der Waals surface area contributed by atoms with E-state index < -0.39 is 0 Å². The van der Waals surface area contributed by atoms with Crippen molar-refractivity contribution in [3.05, 3.63) is 29.6 Å². The standard InChI is InChI=1S/C17H24N4O/c1-12(2)16-18-14-11-13(5-6-15(14)20(16)4)17(22)21-9-7-19(3)8-10-21/h5-6,11-12H,7-10H2,1-4H3. The van der Waals surface area contributed by atoms with Crippen molar-refractivity contribution in [3.8, 4) is 0 Å². The Morgan fingerprint density at radius 2 is 1.82 bits per heavy atom. The molecule has 1 aromatic heterocycles. The Hall–Kier alpha value is -1.88. The van der Waals surface area contributed by atoms with Gasteiger partial charge in [-0.15, -0.1) is 0 Å². The van der Waals surface area contributed by atoms with Crippen LogP contribution in [0.4, 0.5) is 0 Å². The van der Waals surface area contributed by atoms with Crippen LogP contribution in [-0.2, 0) is 7.05 Å². The maximum absolute atomic E-state index is 12.6. The fourth-order valence-corrected chi connectivity index (χ4v) is 3.06. The number of piperazine rings is 1. The number of nitrogens with zero attached hydrogens (tertiary/aromatic N) is 4. The first-order chi connectivity index (χ1) is 10.5. The SMILES string of the molecule is CC(C)c1nc2cc(C(=O)N3CCN(C)CC3)ccc2n1C. The summed E-state index contributed by atoms with van der Waals surface area (Å²) in [5.41, 5.74) is 2.73. The highest BCUT2D eigenvalue weighted by Gasteiger charge is 2.21. The largest absolute Gasteiger partial charge is 0.336 e. The van der Waals surface area contributed by atoms with Crippen molar-refractivity contribution in [2.45, 2.75) is 19.8 Å². The van der Waals surface area contributed by atoms with Gasteiger partial charge in [0.15, 0.2) is 0 Å². The van der Waals surface area contributed by atoms with E-state index >= 15 is 0 Å². The number of carbonyl (C=O) groups excluding carboxylic acids is 1. The van der Waals surface area contributed by atoms with E-state index in [9.17, 15) is 4.79 Å². The Bertz CT molecular complexity index is 696. The third-order valence-corrected chi connectivity index (χ3v) is 4.47. The van der Waals surface area contributed by atoms with E-state index in [1.165, 1.54) is 0 Å². The second kappa shape index (κ2) is 5.72. The Morgan fingerprint density at radius 3 is 2.45 bits per heavy atom. The predicted molar refractivity (Wildman–Crippen MR) is 88.2 cm³/mol. The molecule has 1 aliphatic rings. The first-order valence-corrected chi connectivity index (χ1v) is 7.91. The van der Waals surface area contributed by atoms with Crippen LogP contribution in [0.25, 0.3) is 11.0 Å². The van der Waals surface area contributed by atoms with Gasteiger partial charge in [0, 0.05) is 44.7 Å². The van der Waals surface area contributed by atoms with Gasteiger partial charge < -0.3 is 14.4 Å². The molecule has 1 aliphatic heterocycles. The molecule has 0 unspecified atom stereocenters. The second-order valence-corrected chi connectivity index (χ2v) is 6.48. The van der Waals surface area contributed by atoms with Crippen LogP contribution in [0.3, 0.4) is 0 Å². The minimum atomic E-state index is 0.117. The Labute approximate surface area is 131 Å². The molecule has 0 bridgehead atoms. The van der Waals surface area contributed by atoms with Crippen LogP contribution in [0.15, 0.2) is 18.2 Å². The van der Waals surface area contributed by atoms with E-state index in [2.05, 4.69) is 30.4 Å². The molecule has 0 atom stereocenters. The number of aromatic nitrogens is 2. The smallest absolute Gasteiger partial charge is 0.254 e. The summed E-state index contributed by atoms with van der Waals surface area (Å²) in [4.78, 5) is 21.5. The monoisotopic (exact) mass is 300 g/mol. The molecule has 3 rings (SSSR count). The van der Waals surface area contributed by atoms with E-state index in [1.54, 1.807) is 0 Å². The van der Waals surface area contributed by atoms with E-state index in [1.807, 2.05) is 30.1 Å². The van der Waals surface area contributed by atoms with Gasteiger partial charge >= 0.3 is 0 Å². The number of fused-ring (bicyclic) bond motifs is 1. The van der Waals surface area contributed by atoms with Crippen molar-refractivity contribution in [1.82, 2.24) is 19.4 Å². The zero-order chi connectivity index (χ0) is 15.9. The molecule has 5 nitrogen and oxygen atoms in total. The third-order valence-electron chi connectivity index (χ3n) is 4.47. The predicted octanol–water partition coefficient (Wildman–Crippen LogP) is 2.08. The minimum absolute atomic E-state index is 0.117. The van der Waals surface area contributed by atoms with Crippen LogP contribution in [0.1, 0.15) is 35.9 Å². The van der Waals surface area contributed by atoms with Crippen LogP contribution >= 0.6 is 0 Å². The quantitative estimate of drug-likeness (QED) is 0.853. The number of aryl methyl sites for hydroxylation is 1. The lowest BCUT2D eigenvalue weighted by atomic mass is 10.1. The topological polar surface area (TPSA) is 41.4 Å². The van der Waals surface area contributed by atoms with Gasteiger partial charge in [0.2, 0.25) is 0 Å². The van der Waals surface area contributed by atoms with Gasteiger partial charge in [-0.25, -0.2) is 4.98 Å². The number of rotatable bonds is 2. The molecule has 1 amide bonds. The third kappa shape index (κ3) is 2.61. The highest BCUT2D eigenvalue weighted by atomic mass is 16.2. The lowest BCUT2D eigenvalue weighted by Crippen LogP contribution is -2.47. The molecule has 5 heteroatoms. The summed E-state index contributed by atoms with van der Waals surface area (Å²) in [7, 11) is 4.13. The van der Waals surface area contributed by atoms with E-state index in [4.69, 9.17) is 4.98 Å². The van der Waals surface area contributed by atoms with Crippen molar-refractivity contribution in [2.24, 2.45) is 7.05 Å². The molecule has 0 aliphatic carbocycles. The highest BCUT2D eigenvalue weighted by Crippen LogP contribution is 2.22. The fraction of sp³-hybridized carbons (Fsp3) is 0.529. The van der Waals surface area contributed by atoms with Gasteiger partial charge in [-0.1, -0.05) is 13.8 Å². The molecule has 2 aromatic rings. The summed E-state index contributed by atoms with van der Waals surface area (Å²) in [6.45, 7) is 7.75. The molecule has 22 heavy (non-hydrogen) atoms. The fourth-order valence-electron chi connectivity index (χ4n) is 3.06. The van der Waals surface area contributed by atoms with Gasteiger partial charge in [-0.05, 0) is 25.2 Å². The lowest BCUT2D eigenvalue weighted by molar-refractivity contribution is 0.0664. The number of amides is 1. The summed E-state index contributed by atoms with van der Waals surface area (Å²) in [5, 5.41) is 0. The maximum atomic E-state index is 12.6. The van der Waals surface area contributed by atoms with Crippen LogP contribution in [0, 0.1) is 0 Å². The molecular weight excluding hydrogens is 276 g/mol. The van der Waals surface area contributed by atoms with Gasteiger partial charge in [0.1, 0.15) is 5.82 Å².